The third kappa shape index (κ3) is 5.80. The Morgan fingerprint density at radius 3 is 2.83 bits per heavy atom. The van der Waals surface area contributed by atoms with E-state index in [-0.39, 0.29) is 12.5 Å². The molecule has 1 amide bonds. The highest BCUT2D eigenvalue weighted by Gasteiger charge is 2.21. The van der Waals surface area contributed by atoms with Crippen LogP contribution in [0.25, 0.3) is 0 Å². The molecule has 5 heteroatoms. The van der Waals surface area contributed by atoms with Gasteiger partial charge in [-0.05, 0) is 69.4 Å². The second-order valence-electron chi connectivity index (χ2n) is 6.60. The Labute approximate surface area is 145 Å². The molecule has 0 saturated carbocycles. The van der Waals surface area contributed by atoms with E-state index < -0.39 is 6.10 Å². The maximum absolute atomic E-state index is 12.2. The van der Waals surface area contributed by atoms with Crippen molar-refractivity contribution in [2.45, 2.75) is 45.8 Å². The van der Waals surface area contributed by atoms with E-state index >= 15 is 0 Å². The summed E-state index contributed by atoms with van der Waals surface area (Å²) >= 11 is 0. The van der Waals surface area contributed by atoms with Gasteiger partial charge in [0.2, 0.25) is 0 Å². The number of ether oxygens (including phenoxy) is 1. The van der Waals surface area contributed by atoms with Gasteiger partial charge in [0.1, 0.15) is 5.75 Å². The number of hydrogen-bond acceptors (Lipinski definition) is 4. The highest BCUT2D eigenvalue weighted by Crippen LogP contribution is 2.17. The topological polar surface area (TPSA) is 61.8 Å². The molecule has 0 spiro atoms. The lowest BCUT2D eigenvalue weighted by molar-refractivity contribution is -0.127. The van der Waals surface area contributed by atoms with Crippen molar-refractivity contribution in [2.24, 2.45) is 5.92 Å². The number of rotatable bonds is 8. The van der Waals surface area contributed by atoms with E-state index in [0.29, 0.717) is 11.7 Å². The fourth-order valence-electron chi connectivity index (χ4n) is 3.09. The minimum atomic E-state index is -0.542. The van der Waals surface area contributed by atoms with Crippen LogP contribution >= 0.6 is 0 Å². The van der Waals surface area contributed by atoms with Crippen molar-refractivity contribution in [2.75, 3.05) is 26.2 Å². The number of nitrogens with one attached hydrogen (secondary N) is 1. The average molecular weight is 334 g/mol. The summed E-state index contributed by atoms with van der Waals surface area (Å²) < 4.78 is 5.68. The van der Waals surface area contributed by atoms with Crippen LogP contribution in [0.4, 0.5) is 0 Å². The van der Waals surface area contributed by atoms with Crippen LogP contribution in [0.2, 0.25) is 0 Å². The van der Waals surface area contributed by atoms with Crippen LogP contribution in [-0.4, -0.2) is 48.2 Å². The summed E-state index contributed by atoms with van der Waals surface area (Å²) in [6, 6.07) is 7.19. The Morgan fingerprint density at radius 2 is 2.17 bits per heavy atom. The number of carbonyl (C=O) groups excluding carboxylic acids is 1. The number of benzene rings is 1. The number of aliphatic hydroxyl groups excluding tert-OH is 1. The molecule has 1 heterocycles. The molecular weight excluding hydrogens is 304 g/mol. The summed E-state index contributed by atoms with van der Waals surface area (Å²) in [5, 5.41) is 12.2. The molecule has 1 unspecified atom stereocenters. The summed E-state index contributed by atoms with van der Waals surface area (Å²) in [6.45, 7) is 8.10. The maximum atomic E-state index is 12.2. The van der Waals surface area contributed by atoms with E-state index in [2.05, 4.69) is 17.1 Å². The number of carbonyl (C=O) groups is 1. The largest absolute Gasteiger partial charge is 0.481 e. The van der Waals surface area contributed by atoms with Crippen LogP contribution in [0.15, 0.2) is 24.3 Å². The molecule has 2 rings (SSSR count). The highest BCUT2D eigenvalue weighted by molar-refractivity contribution is 5.80. The zero-order valence-corrected chi connectivity index (χ0v) is 14.8. The zero-order valence-electron chi connectivity index (χ0n) is 14.8. The lowest BCUT2D eigenvalue weighted by atomic mass is 9.96. The molecule has 1 fully saturated rings. The Hall–Kier alpha value is -1.59. The van der Waals surface area contributed by atoms with Crippen molar-refractivity contribution in [3.63, 3.8) is 0 Å². The van der Waals surface area contributed by atoms with E-state index in [1.165, 1.54) is 13.0 Å². The lowest BCUT2D eigenvalue weighted by Crippen LogP contribution is -2.42. The molecule has 5 nitrogen and oxygen atoms in total. The van der Waals surface area contributed by atoms with Gasteiger partial charge in [0.05, 0.1) is 6.61 Å². The summed E-state index contributed by atoms with van der Waals surface area (Å²) in [5.41, 5.74) is 0.777. The number of nitrogens with zero attached hydrogens (tertiary/aromatic N) is 1. The first-order chi connectivity index (χ1) is 11.6. The Morgan fingerprint density at radius 1 is 1.42 bits per heavy atom. The zero-order chi connectivity index (χ0) is 17.4. The van der Waals surface area contributed by atoms with Crippen molar-refractivity contribution in [3.8, 4) is 5.75 Å². The maximum Gasteiger partial charge on any atom is 0.260 e. The molecular formula is C19H30N2O3. The van der Waals surface area contributed by atoms with Gasteiger partial charge in [0.25, 0.3) is 5.91 Å². The van der Waals surface area contributed by atoms with Crippen LogP contribution < -0.4 is 10.1 Å². The third-order valence-electron chi connectivity index (χ3n) is 4.58. The summed E-state index contributed by atoms with van der Waals surface area (Å²) in [5.74, 6) is 1.09. The second-order valence-corrected chi connectivity index (χ2v) is 6.60. The number of likely N-dealkylation sites (tertiary alicyclic amines) is 1. The van der Waals surface area contributed by atoms with E-state index in [1.54, 1.807) is 19.1 Å². The van der Waals surface area contributed by atoms with Gasteiger partial charge >= 0.3 is 0 Å². The molecule has 134 valence electrons. The monoisotopic (exact) mass is 334 g/mol. The third-order valence-corrected chi connectivity index (χ3v) is 4.58. The Bertz CT molecular complexity index is 513. The quantitative estimate of drug-likeness (QED) is 0.765. The molecule has 0 bridgehead atoms. The number of aliphatic hydroxyl groups is 1. The molecule has 1 saturated heterocycles. The predicted molar refractivity (Wildman–Crippen MR) is 94.9 cm³/mol. The van der Waals surface area contributed by atoms with E-state index in [4.69, 9.17) is 9.84 Å². The van der Waals surface area contributed by atoms with Crippen molar-refractivity contribution in [3.05, 3.63) is 29.8 Å². The van der Waals surface area contributed by atoms with Gasteiger partial charge in [-0.1, -0.05) is 19.1 Å². The average Bonchev–Trinajstić information content (AvgIpc) is 2.61. The highest BCUT2D eigenvalue weighted by atomic mass is 16.5. The minimum Gasteiger partial charge on any atom is -0.481 e. The van der Waals surface area contributed by atoms with Crippen LogP contribution in [0.3, 0.4) is 0 Å². The van der Waals surface area contributed by atoms with Gasteiger partial charge in [-0.3, -0.25) is 4.79 Å². The first kappa shape index (κ1) is 18.7. The van der Waals surface area contributed by atoms with Crippen molar-refractivity contribution < 1.29 is 14.6 Å². The molecule has 1 aromatic rings. The van der Waals surface area contributed by atoms with Crippen molar-refractivity contribution >= 4 is 5.91 Å². The molecule has 0 radical (unpaired) electrons. The number of amides is 1. The molecule has 2 N–H and O–H groups in total. The number of hydrogen-bond donors (Lipinski definition) is 2. The van der Waals surface area contributed by atoms with Crippen LogP contribution in [0.1, 0.15) is 38.7 Å². The normalized spacial score (nSPS) is 17.5. The minimum absolute atomic E-state index is 0.0332. The van der Waals surface area contributed by atoms with Gasteiger partial charge in [0, 0.05) is 6.54 Å². The van der Waals surface area contributed by atoms with Crippen LogP contribution in [0.5, 0.6) is 5.75 Å². The van der Waals surface area contributed by atoms with E-state index in [0.717, 1.165) is 38.0 Å². The van der Waals surface area contributed by atoms with Gasteiger partial charge in [0.15, 0.2) is 6.10 Å². The fourth-order valence-corrected chi connectivity index (χ4v) is 3.09. The second kappa shape index (κ2) is 9.64. The van der Waals surface area contributed by atoms with Crippen molar-refractivity contribution in [1.29, 1.82) is 0 Å². The standard InChI is InChI=1S/C19H30N2O3/c1-3-9-21-10-7-16(8-11-21)13-20-19(23)15(2)24-18-6-4-5-17(12-18)14-22/h4-6,12,15-16,22H,3,7-11,13-14H2,1-2H3,(H,20,23). The molecule has 1 atom stereocenters. The predicted octanol–water partition coefficient (Wildman–Crippen LogP) is 2.18. The molecule has 0 aliphatic carbocycles. The molecule has 1 aliphatic heterocycles. The Kier molecular flexibility index (Phi) is 7.53. The Balaban J connectivity index is 1.72. The summed E-state index contributed by atoms with van der Waals surface area (Å²) in [6.07, 6.45) is 2.95. The van der Waals surface area contributed by atoms with Gasteiger partial charge in [-0.2, -0.15) is 0 Å². The molecule has 0 aromatic heterocycles. The van der Waals surface area contributed by atoms with Crippen LogP contribution in [0, 0.1) is 5.92 Å². The van der Waals surface area contributed by atoms with Crippen molar-refractivity contribution in [1.82, 2.24) is 10.2 Å². The van der Waals surface area contributed by atoms with Crippen LogP contribution in [-0.2, 0) is 11.4 Å². The van der Waals surface area contributed by atoms with Gasteiger partial charge in [-0.15, -0.1) is 0 Å². The van der Waals surface area contributed by atoms with Gasteiger partial charge in [-0.25, -0.2) is 0 Å². The first-order valence-electron chi connectivity index (χ1n) is 8.99. The SMILES string of the molecule is CCCN1CCC(CNC(=O)C(C)Oc2cccc(CO)c2)CC1. The van der Waals surface area contributed by atoms with E-state index in [9.17, 15) is 4.79 Å². The van der Waals surface area contributed by atoms with Gasteiger partial charge < -0.3 is 20.1 Å². The van der Waals surface area contributed by atoms with E-state index in [1.807, 2.05) is 12.1 Å². The smallest absolute Gasteiger partial charge is 0.260 e. The molecule has 24 heavy (non-hydrogen) atoms. The first-order valence-corrected chi connectivity index (χ1v) is 8.99. The summed E-state index contributed by atoms with van der Waals surface area (Å²) in [4.78, 5) is 14.7. The summed E-state index contributed by atoms with van der Waals surface area (Å²) in [7, 11) is 0. The molecule has 1 aliphatic rings. The number of piperidine rings is 1. The lowest BCUT2D eigenvalue weighted by Gasteiger charge is -2.31. The molecule has 1 aromatic carbocycles. The fraction of sp³-hybridized carbons (Fsp3) is 0.632.